The van der Waals surface area contributed by atoms with Crippen molar-refractivity contribution in [1.82, 2.24) is 15.6 Å². The molecule has 0 aliphatic rings. The number of hydrogen-bond acceptors (Lipinski definition) is 4. The summed E-state index contributed by atoms with van der Waals surface area (Å²) in [6.07, 6.45) is 0.927. The van der Waals surface area contributed by atoms with E-state index in [0.717, 1.165) is 15.2 Å². The summed E-state index contributed by atoms with van der Waals surface area (Å²) in [6.45, 7) is 4.09. The third-order valence-corrected chi connectivity index (χ3v) is 4.12. The number of rotatable bonds is 6. The molecule has 0 spiro atoms. The number of fused-ring (bicyclic) bond motifs is 1. The lowest BCUT2D eigenvalue weighted by Crippen LogP contribution is -2.44. The van der Waals surface area contributed by atoms with Gasteiger partial charge < -0.3 is 10.6 Å². The third kappa shape index (κ3) is 4.26. The molecule has 21 heavy (non-hydrogen) atoms. The normalized spacial score (nSPS) is 12.1. The Morgan fingerprint density at radius 1 is 1.33 bits per heavy atom. The fourth-order valence-electron chi connectivity index (χ4n) is 1.95. The van der Waals surface area contributed by atoms with E-state index in [2.05, 4.69) is 15.6 Å². The van der Waals surface area contributed by atoms with Gasteiger partial charge in [-0.25, -0.2) is 4.98 Å². The predicted molar refractivity (Wildman–Crippen MR) is 84.2 cm³/mol. The molecular weight excluding hydrogens is 286 g/mol. The van der Waals surface area contributed by atoms with Gasteiger partial charge in [-0.1, -0.05) is 12.1 Å². The van der Waals surface area contributed by atoms with Gasteiger partial charge in [0.25, 0.3) is 0 Å². The number of nitrogens with zero attached hydrogens (tertiary/aromatic N) is 1. The fourth-order valence-corrected chi connectivity index (χ4v) is 2.92. The molecule has 2 aromatic rings. The largest absolute Gasteiger partial charge is 0.355 e. The Hall–Kier alpha value is -1.95. The van der Waals surface area contributed by atoms with Gasteiger partial charge in [0.1, 0.15) is 6.04 Å². The molecule has 2 N–H and O–H groups in total. The van der Waals surface area contributed by atoms with Gasteiger partial charge in [-0.15, -0.1) is 11.3 Å². The van der Waals surface area contributed by atoms with Gasteiger partial charge in [-0.2, -0.15) is 0 Å². The van der Waals surface area contributed by atoms with Crippen molar-refractivity contribution in [3.05, 3.63) is 29.3 Å². The van der Waals surface area contributed by atoms with Crippen LogP contribution in [0.2, 0.25) is 0 Å². The van der Waals surface area contributed by atoms with Crippen LogP contribution in [0, 0.1) is 0 Å². The number of thiazole rings is 1. The first-order valence-electron chi connectivity index (χ1n) is 7.01. The van der Waals surface area contributed by atoms with E-state index in [0.29, 0.717) is 19.4 Å². The Morgan fingerprint density at radius 3 is 2.81 bits per heavy atom. The summed E-state index contributed by atoms with van der Waals surface area (Å²) in [5, 5.41) is 6.31. The van der Waals surface area contributed by atoms with Crippen molar-refractivity contribution in [2.24, 2.45) is 0 Å². The summed E-state index contributed by atoms with van der Waals surface area (Å²) < 4.78 is 1.13. The quantitative estimate of drug-likeness (QED) is 0.856. The van der Waals surface area contributed by atoms with E-state index >= 15 is 0 Å². The molecule has 0 fully saturated rings. The lowest BCUT2D eigenvalue weighted by Gasteiger charge is -2.12. The van der Waals surface area contributed by atoms with Crippen molar-refractivity contribution in [2.75, 3.05) is 6.54 Å². The monoisotopic (exact) mass is 305 g/mol. The molecule has 1 aromatic heterocycles. The fraction of sp³-hybridized carbons (Fsp3) is 0.400. The molecule has 0 saturated carbocycles. The summed E-state index contributed by atoms with van der Waals surface area (Å²) in [5.41, 5.74) is 0.966. The molecule has 1 aromatic carbocycles. The molecule has 0 aliphatic heterocycles. The minimum atomic E-state index is -0.507. The number of aryl methyl sites for hydroxylation is 1. The van der Waals surface area contributed by atoms with Crippen molar-refractivity contribution < 1.29 is 9.59 Å². The number of carbonyl (C=O) groups is 2. The number of para-hydroxylation sites is 1. The number of amides is 2. The van der Waals surface area contributed by atoms with Crippen molar-refractivity contribution in [3.8, 4) is 0 Å². The van der Waals surface area contributed by atoms with Crippen molar-refractivity contribution in [1.29, 1.82) is 0 Å². The van der Waals surface area contributed by atoms with Crippen molar-refractivity contribution >= 4 is 33.4 Å². The number of aromatic nitrogens is 1. The molecule has 0 unspecified atom stereocenters. The van der Waals surface area contributed by atoms with Crippen LogP contribution in [0.15, 0.2) is 24.3 Å². The second-order valence-corrected chi connectivity index (χ2v) is 5.87. The molecule has 1 heterocycles. The maximum Gasteiger partial charge on any atom is 0.242 e. The topological polar surface area (TPSA) is 71.1 Å². The molecule has 0 bridgehead atoms. The zero-order valence-corrected chi connectivity index (χ0v) is 13.0. The first kappa shape index (κ1) is 15.4. The lowest BCUT2D eigenvalue weighted by atomic mass is 10.2. The van der Waals surface area contributed by atoms with Gasteiger partial charge in [-0.05, 0) is 26.0 Å². The molecule has 2 amide bonds. The molecule has 0 aliphatic carbocycles. The SMILES string of the molecule is CCNC(=O)[C@@H](C)NC(=O)CCc1nc2ccccc2s1. The van der Waals surface area contributed by atoms with Crippen LogP contribution in [0.5, 0.6) is 0 Å². The first-order chi connectivity index (χ1) is 10.1. The molecule has 6 heteroatoms. The highest BCUT2D eigenvalue weighted by molar-refractivity contribution is 7.18. The maximum absolute atomic E-state index is 11.8. The maximum atomic E-state index is 11.8. The van der Waals surface area contributed by atoms with Gasteiger partial charge >= 0.3 is 0 Å². The van der Waals surface area contributed by atoms with Crippen LogP contribution in [0.4, 0.5) is 0 Å². The van der Waals surface area contributed by atoms with Crippen LogP contribution >= 0.6 is 11.3 Å². The van der Waals surface area contributed by atoms with Crippen LogP contribution in [0.3, 0.4) is 0 Å². The van der Waals surface area contributed by atoms with Crippen LogP contribution in [-0.2, 0) is 16.0 Å². The summed E-state index contributed by atoms with van der Waals surface area (Å²) >= 11 is 1.60. The van der Waals surface area contributed by atoms with Crippen LogP contribution in [0.25, 0.3) is 10.2 Å². The van der Waals surface area contributed by atoms with E-state index < -0.39 is 6.04 Å². The summed E-state index contributed by atoms with van der Waals surface area (Å²) in [5.74, 6) is -0.293. The van der Waals surface area contributed by atoms with Crippen molar-refractivity contribution in [2.45, 2.75) is 32.7 Å². The van der Waals surface area contributed by atoms with Crippen LogP contribution in [-0.4, -0.2) is 29.4 Å². The zero-order chi connectivity index (χ0) is 15.2. The molecular formula is C15H19N3O2S. The Labute approximate surface area is 127 Å². The zero-order valence-electron chi connectivity index (χ0n) is 12.2. The Morgan fingerprint density at radius 2 is 2.10 bits per heavy atom. The molecule has 2 rings (SSSR count). The van der Waals surface area contributed by atoms with Gasteiger partial charge in [-0.3, -0.25) is 9.59 Å². The number of nitrogens with one attached hydrogen (secondary N) is 2. The van der Waals surface area contributed by atoms with Gasteiger partial charge in [0.2, 0.25) is 11.8 Å². The molecule has 112 valence electrons. The molecule has 1 atom stereocenters. The standard InChI is InChI=1S/C15H19N3O2S/c1-3-16-15(20)10(2)17-13(19)8-9-14-18-11-6-4-5-7-12(11)21-14/h4-7,10H,3,8-9H2,1-2H3,(H,16,20)(H,17,19)/t10-/m1/s1. The van der Waals surface area contributed by atoms with E-state index in [-0.39, 0.29) is 11.8 Å². The van der Waals surface area contributed by atoms with Gasteiger partial charge in [0.05, 0.1) is 15.2 Å². The summed E-state index contributed by atoms with van der Waals surface area (Å²) in [6, 6.07) is 7.41. The smallest absolute Gasteiger partial charge is 0.242 e. The Kier molecular flexibility index (Phi) is 5.27. The minimum Gasteiger partial charge on any atom is -0.355 e. The minimum absolute atomic E-state index is 0.131. The lowest BCUT2D eigenvalue weighted by molar-refractivity contribution is -0.128. The molecule has 0 radical (unpaired) electrons. The number of hydrogen-bond donors (Lipinski definition) is 2. The second kappa shape index (κ2) is 7.17. The van der Waals surface area contributed by atoms with Crippen molar-refractivity contribution in [3.63, 3.8) is 0 Å². The second-order valence-electron chi connectivity index (χ2n) is 4.76. The predicted octanol–water partition coefficient (Wildman–Crippen LogP) is 1.87. The highest BCUT2D eigenvalue weighted by Crippen LogP contribution is 2.22. The van der Waals surface area contributed by atoms with Gasteiger partial charge in [0, 0.05) is 19.4 Å². The van der Waals surface area contributed by atoms with E-state index in [1.54, 1.807) is 18.3 Å². The Balaban J connectivity index is 1.84. The molecule has 5 nitrogen and oxygen atoms in total. The Bertz CT molecular complexity index is 606. The van der Waals surface area contributed by atoms with Crippen LogP contribution in [0.1, 0.15) is 25.3 Å². The van der Waals surface area contributed by atoms with E-state index in [1.807, 2.05) is 31.2 Å². The summed E-state index contributed by atoms with van der Waals surface area (Å²) in [7, 11) is 0. The number of carbonyl (C=O) groups excluding carboxylic acids is 2. The first-order valence-corrected chi connectivity index (χ1v) is 7.83. The number of benzene rings is 1. The van der Waals surface area contributed by atoms with E-state index in [1.165, 1.54) is 0 Å². The third-order valence-electron chi connectivity index (χ3n) is 3.03. The average molecular weight is 305 g/mol. The highest BCUT2D eigenvalue weighted by Gasteiger charge is 2.15. The van der Waals surface area contributed by atoms with E-state index in [4.69, 9.17) is 0 Å². The van der Waals surface area contributed by atoms with E-state index in [9.17, 15) is 9.59 Å². The average Bonchev–Trinajstić information content (AvgIpc) is 2.88. The number of likely N-dealkylation sites (N-methyl/N-ethyl adjacent to an activating group) is 1. The van der Waals surface area contributed by atoms with Crippen LogP contribution < -0.4 is 10.6 Å². The highest BCUT2D eigenvalue weighted by atomic mass is 32.1. The summed E-state index contributed by atoms with van der Waals surface area (Å²) in [4.78, 5) is 27.9. The van der Waals surface area contributed by atoms with Gasteiger partial charge in [0.15, 0.2) is 0 Å². The molecule has 0 saturated heterocycles.